The average Bonchev–Trinajstić information content (AvgIpc) is 3.02. The summed E-state index contributed by atoms with van der Waals surface area (Å²) in [6, 6.07) is 0.664. The zero-order valence-corrected chi connectivity index (χ0v) is 16.7. The monoisotopic (exact) mass is 410 g/mol. The molecule has 0 spiro atoms. The molecule has 6 nitrogen and oxygen atoms in total. The summed E-state index contributed by atoms with van der Waals surface area (Å²) in [7, 11) is 0. The number of thiazole rings is 1. The number of nitrogens with two attached hydrogens (primary N) is 1. The molecular formula is C16H28Cl2N4O2S. The first-order chi connectivity index (χ1) is 11.2. The predicted molar refractivity (Wildman–Crippen MR) is 105 cm³/mol. The molecule has 2 aliphatic heterocycles. The van der Waals surface area contributed by atoms with E-state index in [0.29, 0.717) is 12.6 Å². The third kappa shape index (κ3) is 6.66. The Bertz CT molecular complexity index is 500. The van der Waals surface area contributed by atoms with Crippen molar-refractivity contribution < 1.29 is 9.53 Å². The summed E-state index contributed by atoms with van der Waals surface area (Å²) in [4.78, 5) is 19.2. The molecular weight excluding hydrogens is 383 g/mol. The van der Waals surface area contributed by atoms with E-state index in [1.807, 2.05) is 5.38 Å². The minimum Gasteiger partial charge on any atom is -0.381 e. The molecule has 2 fully saturated rings. The van der Waals surface area contributed by atoms with Crippen molar-refractivity contribution in [3.05, 3.63) is 16.6 Å². The summed E-state index contributed by atoms with van der Waals surface area (Å²) in [5.74, 6) is 0.151. The van der Waals surface area contributed by atoms with Gasteiger partial charge in [0.05, 0.1) is 12.5 Å². The lowest BCUT2D eigenvalue weighted by Crippen LogP contribution is -2.47. The Kier molecular flexibility index (Phi) is 10.2. The van der Waals surface area contributed by atoms with E-state index in [-0.39, 0.29) is 42.7 Å². The highest BCUT2D eigenvalue weighted by Crippen LogP contribution is 2.22. The van der Waals surface area contributed by atoms with Gasteiger partial charge in [0.2, 0.25) is 5.91 Å². The number of rotatable bonds is 4. The first-order valence-corrected chi connectivity index (χ1v) is 9.34. The van der Waals surface area contributed by atoms with Crippen LogP contribution in [0.25, 0.3) is 0 Å². The van der Waals surface area contributed by atoms with Crippen LogP contribution >= 0.6 is 36.2 Å². The number of carbonyl (C=O) groups is 1. The fourth-order valence-corrected chi connectivity index (χ4v) is 4.02. The van der Waals surface area contributed by atoms with Gasteiger partial charge in [0, 0.05) is 50.0 Å². The molecule has 0 bridgehead atoms. The average molecular weight is 411 g/mol. The van der Waals surface area contributed by atoms with Gasteiger partial charge in [0.1, 0.15) is 5.01 Å². The Balaban J connectivity index is 0.00000156. The van der Waals surface area contributed by atoms with Gasteiger partial charge in [-0.05, 0) is 25.7 Å². The highest BCUT2D eigenvalue weighted by Gasteiger charge is 2.31. The number of carbonyl (C=O) groups excluding carboxylic acids is 1. The molecule has 0 aromatic carbocycles. The molecule has 0 unspecified atom stereocenters. The maximum Gasteiger partial charge on any atom is 0.224 e. The van der Waals surface area contributed by atoms with Crippen LogP contribution in [0.5, 0.6) is 0 Å². The van der Waals surface area contributed by atoms with Crippen LogP contribution in [0, 0.1) is 5.92 Å². The first kappa shape index (κ1) is 22.6. The van der Waals surface area contributed by atoms with Gasteiger partial charge in [0.15, 0.2) is 0 Å². The Morgan fingerprint density at radius 1 is 1.28 bits per heavy atom. The molecule has 1 aromatic heterocycles. The molecule has 2 atom stereocenters. The molecule has 3 N–H and O–H groups in total. The first-order valence-electron chi connectivity index (χ1n) is 8.46. The van der Waals surface area contributed by atoms with Crippen molar-refractivity contribution in [2.24, 2.45) is 11.7 Å². The fourth-order valence-electron chi connectivity index (χ4n) is 3.47. The second-order valence-corrected chi connectivity index (χ2v) is 7.45. The largest absolute Gasteiger partial charge is 0.381 e. The summed E-state index contributed by atoms with van der Waals surface area (Å²) in [5, 5.41) is 5.92. The van der Waals surface area contributed by atoms with Crippen LogP contribution in [-0.2, 0) is 16.1 Å². The summed E-state index contributed by atoms with van der Waals surface area (Å²) < 4.78 is 5.46. The fraction of sp³-hybridized carbons (Fsp3) is 0.750. The molecule has 1 amide bonds. The smallest absolute Gasteiger partial charge is 0.224 e. The minimum atomic E-state index is 0. The molecule has 9 heteroatoms. The van der Waals surface area contributed by atoms with Crippen molar-refractivity contribution in [3.63, 3.8) is 0 Å². The highest BCUT2D eigenvalue weighted by molar-refractivity contribution is 7.09. The van der Waals surface area contributed by atoms with Crippen LogP contribution in [0.4, 0.5) is 0 Å². The standard InChI is InChI=1S/C16H26N4O2S.2ClH/c17-13-2-1-12(16(21)19-9-15-18-5-8-23-15)10-20(11-13)14-3-6-22-7-4-14;;/h5,8,12-14H,1-4,6-7,9-11,17H2,(H,19,21);2*1H/t12-,13+;;/m1../s1. The number of likely N-dealkylation sites (tertiary alicyclic amines) is 1. The van der Waals surface area contributed by atoms with Gasteiger partial charge in [-0.1, -0.05) is 0 Å². The summed E-state index contributed by atoms with van der Waals surface area (Å²) >= 11 is 1.57. The molecule has 0 aliphatic carbocycles. The highest BCUT2D eigenvalue weighted by atomic mass is 35.5. The Morgan fingerprint density at radius 3 is 2.72 bits per heavy atom. The number of hydrogen-bond acceptors (Lipinski definition) is 6. The SMILES string of the molecule is Cl.Cl.N[C@H]1CC[C@@H](C(=O)NCc2nccs2)CN(C2CCOCC2)C1. The Hall–Kier alpha value is -0.440. The van der Waals surface area contributed by atoms with Crippen molar-refractivity contribution in [2.75, 3.05) is 26.3 Å². The molecule has 1 aromatic rings. The lowest BCUT2D eigenvalue weighted by atomic mass is 10.0. The van der Waals surface area contributed by atoms with E-state index in [4.69, 9.17) is 10.5 Å². The van der Waals surface area contributed by atoms with Crippen LogP contribution in [-0.4, -0.2) is 54.2 Å². The van der Waals surface area contributed by atoms with E-state index in [2.05, 4.69) is 15.2 Å². The van der Waals surface area contributed by atoms with E-state index in [9.17, 15) is 4.79 Å². The number of hydrogen-bond donors (Lipinski definition) is 2. The summed E-state index contributed by atoms with van der Waals surface area (Å²) in [6.07, 6.45) is 5.63. The van der Waals surface area contributed by atoms with E-state index in [0.717, 1.165) is 57.0 Å². The molecule has 3 rings (SSSR count). The normalized spacial score (nSPS) is 25.3. The molecule has 0 saturated carbocycles. The van der Waals surface area contributed by atoms with Gasteiger partial charge in [0.25, 0.3) is 0 Å². The van der Waals surface area contributed by atoms with Gasteiger partial charge in [-0.15, -0.1) is 36.2 Å². The van der Waals surface area contributed by atoms with E-state index in [1.54, 1.807) is 17.5 Å². The zero-order valence-electron chi connectivity index (χ0n) is 14.3. The molecule has 3 heterocycles. The number of aromatic nitrogens is 1. The third-order valence-electron chi connectivity index (χ3n) is 4.79. The van der Waals surface area contributed by atoms with E-state index >= 15 is 0 Å². The van der Waals surface area contributed by atoms with Crippen molar-refractivity contribution in [3.8, 4) is 0 Å². The van der Waals surface area contributed by atoms with Crippen LogP contribution in [0.3, 0.4) is 0 Å². The Morgan fingerprint density at radius 2 is 2.04 bits per heavy atom. The van der Waals surface area contributed by atoms with Gasteiger partial charge < -0.3 is 15.8 Å². The Labute approximate surface area is 165 Å². The van der Waals surface area contributed by atoms with Gasteiger partial charge in [-0.3, -0.25) is 9.69 Å². The molecule has 0 radical (unpaired) electrons. The van der Waals surface area contributed by atoms with Crippen LogP contribution in [0.2, 0.25) is 0 Å². The lowest BCUT2D eigenvalue weighted by molar-refractivity contribution is -0.126. The molecule has 25 heavy (non-hydrogen) atoms. The summed E-state index contributed by atoms with van der Waals surface area (Å²) in [6.45, 7) is 3.86. The second-order valence-electron chi connectivity index (χ2n) is 6.48. The van der Waals surface area contributed by atoms with Crippen molar-refractivity contribution in [2.45, 2.75) is 44.3 Å². The van der Waals surface area contributed by atoms with Crippen molar-refractivity contribution >= 4 is 42.1 Å². The van der Waals surface area contributed by atoms with E-state index < -0.39 is 0 Å². The second kappa shape index (κ2) is 11.3. The van der Waals surface area contributed by atoms with Crippen LogP contribution in [0.15, 0.2) is 11.6 Å². The number of amides is 1. The zero-order chi connectivity index (χ0) is 16.1. The van der Waals surface area contributed by atoms with Crippen molar-refractivity contribution in [1.29, 1.82) is 0 Å². The quantitative estimate of drug-likeness (QED) is 0.790. The maximum atomic E-state index is 12.6. The number of ether oxygens (including phenoxy) is 1. The summed E-state index contributed by atoms with van der Waals surface area (Å²) in [5.41, 5.74) is 6.23. The number of nitrogens with one attached hydrogen (secondary N) is 1. The van der Waals surface area contributed by atoms with Crippen molar-refractivity contribution in [1.82, 2.24) is 15.2 Å². The van der Waals surface area contributed by atoms with Gasteiger partial charge in [-0.2, -0.15) is 0 Å². The van der Waals surface area contributed by atoms with Gasteiger partial charge in [-0.25, -0.2) is 4.98 Å². The number of halogens is 2. The maximum absolute atomic E-state index is 12.6. The van der Waals surface area contributed by atoms with E-state index in [1.165, 1.54) is 0 Å². The predicted octanol–water partition coefficient (Wildman–Crippen LogP) is 1.82. The molecule has 2 saturated heterocycles. The van der Waals surface area contributed by atoms with Crippen LogP contribution < -0.4 is 11.1 Å². The minimum absolute atomic E-state index is 0. The topological polar surface area (TPSA) is 80.5 Å². The molecule has 144 valence electrons. The van der Waals surface area contributed by atoms with Gasteiger partial charge >= 0.3 is 0 Å². The number of nitrogens with zero attached hydrogens (tertiary/aromatic N) is 2. The van der Waals surface area contributed by atoms with Crippen LogP contribution in [0.1, 0.15) is 30.7 Å². The lowest BCUT2D eigenvalue weighted by Gasteiger charge is -2.35. The molecule has 2 aliphatic rings. The third-order valence-corrected chi connectivity index (χ3v) is 5.56.